The number of methoxy groups -OCH3 is 1. The third-order valence-corrected chi connectivity index (χ3v) is 3.67. The Kier molecular flexibility index (Phi) is 2.34. The first-order valence-corrected chi connectivity index (χ1v) is 4.64. The normalized spacial score (nSPS) is 22.6. The van der Waals surface area contributed by atoms with Gasteiger partial charge in [0.2, 0.25) is 0 Å². The SMILES string of the molecule is COC(=O)C(=O)NC1C(C)(C)C1(C)C. The first-order valence-electron chi connectivity index (χ1n) is 4.64. The fourth-order valence-corrected chi connectivity index (χ4v) is 1.84. The summed E-state index contributed by atoms with van der Waals surface area (Å²) in [5.74, 6) is -1.49. The maximum atomic E-state index is 11.2. The Morgan fingerprint density at radius 1 is 1.14 bits per heavy atom. The minimum Gasteiger partial charge on any atom is -0.462 e. The van der Waals surface area contributed by atoms with E-state index in [0.29, 0.717) is 0 Å². The van der Waals surface area contributed by atoms with Gasteiger partial charge in [0.05, 0.1) is 7.11 Å². The summed E-state index contributed by atoms with van der Waals surface area (Å²) in [6.45, 7) is 8.26. The lowest BCUT2D eigenvalue weighted by Gasteiger charge is -2.04. The van der Waals surface area contributed by atoms with Crippen LogP contribution in [0.25, 0.3) is 0 Å². The Labute approximate surface area is 84.0 Å². The van der Waals surface area contributed by atoms with Gasteiger partial charge in [-0.05, 0) is 10.8 Å². The molecule has 1 amide bonds. The zero-order valence-electron chi connectivity index (χ0n) is 9.30. The molecule has 0 unspecified atom stereocenters. The van der Waals surface area contributed by atoms with Crippen LogP contribution in [-0.4, -0.2) is 25.0 Å². The Balaban J connectivity index is 2.58. The first-order chi connectivity index (χ1) is 6.25. The molecule has 1 rings (SSSR count). The number of hydrogen-bond acceptors (Lipinski definition) is 3. The van der Waals surface area contributed by atoms with E-state index in [0.717, 1.165) is 0 Å². The van der Waals surface area contributed by atoms with Gasteiger partial charge in [-0.2, -0.15) is 0 Å². The predicted octanol–water partition coefficient (Wildman–Crippen LogP) is 0.710. The predicted molar refractivity (Wildman–Crippen MR) is 51.5 cm³/mol. The molecule has 0 saturated heterocycles. The molecule has 0 aliphatic heterocycles. The van der Waals surface area contributed by atoms with Crippen molar-refractivity contribution in [3.8, 4) is 0 Å². The summed E-state index contributed by atoms with van der Waals surface area (Å²) in [5, 5.41) is 2.67. The van der Waals surface area contributed by atoms with Gasteiger partial charge < -0.3 is 10.1 Å². The number of ether oxygens (including phenoxy) is 1. The molecule has 14 heavy (non-hydrogen) atoms. The van der Waals surface area contributed by atoms with Crippen molar-refractivity contribution < 1.29 is 14.3 Å². The van der Waals surface area contributed by atoms with Gasteiger partial charge in [0.15, 0.2) is 0 Å². The smallest absolute Gasteiger partial charge is 0.396 e. The molecule has 4 nitrogen and oxygen atoms in total. The molecule has 0 spiro atoms. The molecule has 0 aromatic rings. The fourth-order valence-electron chi connectivity index (χ4n) is 1.84. The van der Waals surface area contributed by atoms with Crippen LogP contribution in [0.5, 0.6) is 0 Å². The summed E-state index contributed by atoms with van der Waals surface area (Å²) in [7, 11) is 1.20. The van der Waals surface area contributed by atoms with E-state index in [9.17, 15) is 9.59 Å². The number of amides is 1. The highest BCUT2D eigenvalue weighted by Crippen LogP contribution is 2.62. The van der Waals surface area contributed by atoms with Crippen LogP contribution in [0.1, 0.15) is 27.7 Å². The van der Waals surface area contributed by atoms with Gasteiger partial charge in [0.25, 0.3) is 0 Å². The lowest BCUT2D eigenvalue weighted by Crippen LogP contribution is -2.36. The van der Waals surface area contributed by atoms with E-state index in [-0.39, 0.29) is 16.9 Å². The molecular formula is C10H17NO3. The standard InChI is InChI=1S/C10H17NO3/c1-9(2)8(10(9,3)4)11-6(12)7(13)14-5/h8H,1-5H3,(H,11,12). The van der Waals surface area contributed by atoms with Crippen LogP contribution in [-0.2, 0) is 14.3 Å². The number of esters is 1. The highest BCUT2D eigenvalue weighted by atomic mass is 16.5. The number of hydrogen-bond donors (Lipinski definition) is 1. The summed E-state index contributed by atoms with van der Waals surface area (Å²) in [4.78, 5) is 22.1. The average molecular weight is 199 g/mol. The summed E-state index contributed by atoms with van der Waals surface area (Å²) < 4.78 is 4.33. The summed E-state index contributed by atoms with van der Waals surface area (Å²) in [5.41, 5.74) is 0.0767. The Bertz CT molecular complexity index is 267. The van der Waals surface area contributed by atoms with Crippen LogP contribution in [0.4, 0.5) is 0 Å². The van der Waals surface area contributed by atoms with Gasteiger partial charge in [-0.3, -0.25) is 4.79 Å². The van der Waals surface area contributed by atoms with Gasteiger partial charge in [-0.1, -0.05) is 27.7 Å². The molecule has 1 fully saturated rings. The first kappa shape index (κ1) is 11.0. The number of carbonyl (C=O) groups excluding carboxylic acids is 2. The zero-order chi connectivity index (χ0) is 11.1. The minimum atomic E-state index is -0.830. The third kappa shape index (κ3) is 1.38. The molecule has 0 heterocycles. The van der Waals surface area contributed by atoms with Crippen LogP contribution in [0.2, 0.25) is 0 Å². The van der Waals surface area contributed by atoms with E-state index >= 15 is 0 Å². The van der Waals surface area contributed by atoms with Crippen LogP contribution >= 0.6 is 0 Å². The minimum absolute atomic E-state index is 0.0384. The quantitative estimate of drug-likeness (QED) is 0.500. The van der Waals surface area contributed by atoms with Gasteiger partial charge in [-0.15, -0.1) is 0 Å². The molecule has 1 N–H and O–H groups in total. The average Bonchev–Trinajstić information content (AvgIpc) is 2.46. The van der Waals surface area contributed by atoms with Crippen molar-refractivity contribution in [1.29, 1.82) is 0 Å². The molecule has 0 bridgehead atoms. The van der Waals surface area contributed by atoms with Crippen molar-refractivity contribution >= 4 is 11.9 Å². The highest BCUT2D eigenvalue weighted by Gasteiger charge is 2.65. The summed E-state index contributed by atoms with van der Waals surface area (Å²) in [6.07, 6.45) is 0. The Morgan fingerprint density at radius 3 is 1.86 bits per heavy atom. The highest BCUT2D eigenvalue weighted by molar-refractivity contribution is 6.32. The molecule has 0 atom stereocenters. The van der Waals surface area contributed by atoms with E-state index < -0.39 is 11.9 Å². The van der Waals surface area contributed by atoms with Gasteiger partial charge >= 0.3 is 11.9 Å². The van der Waals surface area contributed by atoms with Crippen LogP contribution in [0, 0.1) is 10.8 Å². The molecule has 0 aromatic carbocycles. The lowest BCUT2D eigenvalue weighted by atomic mass is 10.0. The third-order valence-electron chi connectivity index (χ3n) is 3.67. The van der Waals surface area contributed by atoms with Gasteiger partial charge in [0, 0.05) is 6.04 Å². The van der Waals surface area contributed by atoms with Crippen LogP contribution in [0.3, 0.4) is 0 Å². The van der Waals surface area contributed by atoms with Crippen LogP contribution in [0.15, 0.2) is 0 Å². The zero-order valence-corrected chi connectivity index (χ0v) is 9.30. The second-order valence-electron chi connectivity index (χ2n) is 4.84. The van der Waals surface area contributed by atoms with Crippen molar-refractivity contribution in [3.63, 3.8) is 0 Å². The van der Waals surface area contributed by atoms with E-state index in [4.69, 9.17) is 0 Å². The van der Waals surface area contributed by atoms with E-state index in [1.165, 1.54) is 7.11 Å². The van der Waals surface area contributed by atoms with Crippen molar-refractivity contribution in [2.75, 3.05) is 7.11 Å². The topological polar surface area (TPSA) is 55.4 Å². The molecular weight excluding hydrogens is 182 g/mol. The molecule has 1 saturated carbocycles. The maximum absolute atomic E-state index is 11.2. The van der Waals surface area contributed by atoms with Crippen molar-refractivity contribution in [1.82, 2.24) is 5.32 Å². The molecule has 0 aromatic heterocycles. The lowest BCUT2D eigenvalue weighted by molar-refractivity contribution is -0.152. The van der Waals surface area contributed by atoms with Crippen molar-refractivity contribution in [2.45, 2.75) is 33.7 Å². The molecule has 0 radical (unpaired) electrons. The monoisotopic (exact) mass is 199 g/mol. The molecule has 1 aliphatic rings. The number of nitrogens with one attached hydrogen (secondary N) is 1. The largest absolute Gasteiger partial charge is 0.462 e. The van der Waals surface area contributed by atoms with Gasteiger partial charge in [-0.25, -0.2) is 4.79 Å². The molecule has 4 heteroatoms. The number of rotatable bonds is 1. The Morgan fingerprint density at radius 2 is 1.57 bits per heavy atom. The molecule has 1 aliphatic carbocycles. The summed E-state index contributed by atoms with van der Waals surface area (Å²) >= 11 is 0. The second-order valence-corrected chi connectivity index (χ2v) is 4.84. The van der Waals surface area contributed by atoms with E-state index in [1.54, 1.807) is 0 Å². The second kappa shape index (κ2) is 2.97. The number of carbonyl (C=O) groups is 2. The summed E-state index contributed by atoms with van der Waals surface area (Å²) in [6, 6.07) is 0.0431. The van der Waals surface area contributed by atoms with Crippen molar-refractivity contribution in [2.24, 2.45) is 10.8 Å². The maximum Gasteiger partial charge on any atom is 0.396 e. The van der Waals surface area contributed by atoms with Crippen LogP contribution < -0.4 is 5.32 Å². The van der Waals surface area contributed by atoms with E-state index in [2.05, 4.69) is 37.7 Å². The fraction of sp³-hybridized carbons (Fsp3) is 0.800. The van der Waals surface area contributed by atoms with Crippen molar-refractivity contribution in [3.05, 3.63) is 0 Å². The molecule has 80 valence electrons. The van der Waals surface area contributed by atoms with E-state index in [1.807, 2.05) is 0 Å². The van der Waals surface area contributed by atoms with Gasteiger partial charge in [0.1, 0.15) is 0 Å². The Hall–Kier alpha value is -1.06.